The average molecular weight is 340 g/mol. The van der Waals surface area contributed by atoms with E-state index in [1.165, 1.54) is 0 Å². The van der Waals surface area contributed by atoms with E-state index in [9.17, 15) is 13.2 Å². The second-order valence-corrected chi connectivity index (χ2v) is 7.71. The van der Waals surface area contributed by atoms with Crippen LogP contribution in [0.4, 0.5) is 0 Å². The molecule has 1 aromatic rings. The molecule has 0 saturated heterocycles. The molecule has 23 heavy (non-hydrogen) atoms. The van der Waals surface area contributed by atoms with Gasteiger partial charge in [-0.3, -0.25) is 4.79 Å². The number of ether oxygens (including phenoxy) is 1. The largest absolute Gasteiger partial charge is 0.493 e. The maximum absolute atomic E-state index is 12.0. The minimum atomic E-state index is -3.20. The first-order valence-electron chi connectivity index (χ1n) is 7.87. The highest BCUT2D eigenvalue weighted by Crippen LogP contribution is 2.19. The lowest BCUT2D eigenvalue weighted by Gasteiger charge is -2.29. The van der Waals surface area contributed by atoms with E-state index in [2.05, 4.69) is 10.0 Å². The van der Waals surface area contributed by atoms with Crippen molar-refractivity contribution in [3.05, 3.63) is 30.3 Å². The topological polar surface area (TPSA) is 84.5 Å². The zero-order chi connectivity index (χ0) is 16.7. The van der Waals surface area contributed by atoms with Gasteiger partial charge in [-0.25, -0.2) is 13.1 Å². The van der Waals surface area contributed by atoms with E-state index < -0.39 is 10.0 Å². The molecular formula is C16H24N2O4S. The minimum Gasteiger partial charge on any atom is -0.493 e. The predicted octanol–water partition coefficient (Wildman–Crippen LogP) is 1.43. The zero-order valence-corrected chi connectivity index (χ0v) is 14.1. The summed E-state index contributed by atoms with van der Waals surface area (Å²) >= 11 is 0. The Morgan fingerprint density at radius 3 is 2.61 bits per heavy atom. The van der Waals surface area contributed by atoms with Gasteiger partial charge >= 0.3 is 0 Å². The fourth-order valence-corrected chi connectivity index (χ4v) is 3.63. The molecule has 0 radical (unpaired) electrons. The zero-order valence-electron chi connectivity index (χ0n) is 13.3. The number of hydrogen-bond donors (Lipinski definition) is 2. The Bertz CT molecular complexity index is 604. The number of carbonyl (C=O) groups excluding carboxylic acids is 1. The van der Waals surface area contributed by atoms with Crippen LogP contribution in [0, 0.1) is 0 Å². The van der Waals surface area contributed by atoms with Crippen molar-refractivity contribution in [3.63, 3.8) is 0 Å². The molecule has 128 valence electrons. The van der Waals surface area contributed by atoms with E-state index in [0.29, 0.717) is 13.0 Å². The van der Waals surface area contributed by atoms with Crippen LogP contribution in [-0.2, 0) is 14.8 Å². The van der Waals surface area contributed by atoms with Crippen LogP contribution in [0.2, 0.25) is 0 Å². The summed E-state index contributed by atoms with van der Waals surface area (Å²) in [6.07, 6.45) is 4.69. The maximum atomic E-state index is 12.0. The van der Waals surface area contributed by atoms with Gasteiger partial charge in [0.25, 0.3) is 0 Å². The third kappa shape index (κ3) is 7.00. The van der Waals surface area contributed by atoms with Gasteiger partial charge in [0, 0.05) is 12.1 Å². The van der Waals surface area contributed by atoms with E-state index in [-0.39, 0.29) is 24.4 Å². The Morgan fingerprint density at radius 1 is 1.22 bits per heavy atom. The van der Waals surface area contributed by atoms with Gasteiger partial charge in [-0.05, 0) is 37.8 Å². The lowest BCUT2D eigenvalue weighted by atomic mass is 9.91. The molecule has 0 spiro atoms. The number of hydrogen-bond acceptors (Lipinski definition) is 4. The van der Waals surface area contributed by atoms with Gasteiger partial charge in [-0.2, -0.15) is 0 Å². The molecule has 0 aliphatic heterocycles. The SMILES string of the molecule is CS(=O)(=O)N[C@@H]1CCC[C@@H](NC(=O)CCOc2ccccc2)C1. The molecule has 7 heteroatoms. The second kappa shape index (κ2) is 8.31. The number of rotatable bonds is 7. The van der Waals surface area contributed by atoms with Crippen LogP contribution >= 0.6 is 0 Å². The van der Waals surface area contributed by atoms with E-state index in [1.54, 1.807) is 0 Å². The first kappa shape index (κ1) is 17.7. The second-order valence-electron chi connectivity index (χ2n) is 5.93. The third-order valence-electron chi connectivity index (χ3n) is 3.76. The number of para-hydroxylation sites is 1. The van der Waals surface area contributed by atoms with Crippen LogP contribution in [0.25, 0.3) is 0 Å². The first-order chi connectivity index (χ1) is 10.9. The lowest BCUT2D eigenvalue weighted by Crippen LogP contribution is -2.45. The monoisotopic (exact) mass is 340 g/mol. The lowest BCUT2D eigenvalue weighted by molar-refractivity contribution is -0.122. The van der Waals surface area contributed by atoms with Gasteiger partial charge in [-0.15, -0.1) is 0 Å². The predicted molar refractivity (Wildman–Crippen MR) is 88.7 cm³/mol. The summed E-state index contributed by atoms with van der Waals surface area (Å²) in [5.41, 5.74) is 0. The highest BCUT2D eigenvalue weighted by molar-refractivity contribution is 7.88. The van der Waals surface area contributed by atoms with Crippen molar-refractivity contribution in [1.29, 1.82) is 0 Å². The Balaban J connectivity index is 1.70. The van der Waals surface area contributed by atoms with E-state index in [4.69, 9.17) is 4.74 Å². The molecule has 2 atom stereocenters. The first-order valence-corrected chi connectivity index (χ1v) is 9.76. The van der Waals surface area contributed by atoms with Crippen molar-refractivity contribution < 1.29 is 17.9 Å². The molecule has 2 N–H and O–H groups in total. The smallest absolute Gasteiger partial charge is 0.223 e. The fraction of sp³-hybridized carbons (Fsp3) is 0.562. The van der Waals surface area contributed by atoms with Crippen LogP contribution < -0.4 is 14.8 Å². The highest BCUT2D eigenvalue weighted by Gasteiger charge is 2.25. The van der Waals surface area contributed by atoms with Crippen LogP contribution in [0.3, 0.4) is 0 Å². The summed E-state index contributed by atoms with van der Waals surface area (Å²) in [4.78, 5) is 12.0. The van der Waals surface area contributed by atoms with Gasteiger partial charge in [0.15, 0.2) is 0 Å². The summed E-state index contributed by atoms with van der Waals surface area (Å²) < 4.78 is 30.7. The molecule has 1 saturated carbocycles. The highest BCUT2D eigenvalue weighted by atomic mass is 32.2. The number of carbonyl (C=O) groups is 1. The molecule has 1 aliphatic rings. The Labute approximate surface area is 137 Å². The molecule has 0 heterocycles. The molecular weight excluding hydrogens is 316 g/mol. The van der Waals surface area contributed by atoms with Crippen LogP contribution in [0.5, 0.6) is 5.75 Å². The van der Waals surface area contributed by atoms with Crippen molar-refractivity contribution in [2.24, 2.45) is 0 Å². The summed E-state index contributed by atoms with van der Waals surface area (Å²) in [5.74, 6) is 0.682. The molecule has 0 aromatic heterocycles. The van der Waals surface area contributed by atoms with Crippen molar-refractivity contribution in [2.75, 3.05) is 12.9 Å². The summed E-state index contributed by atoms with van der Waals surface area (Å²) in [6, 6.07) is 9.29. The summed E-state index contributed by atoms with van der Waals surface area (Å²) in [6.45, 7) is 0.327. The molecule has 1 aromatic carbocycles. The van der Waals surface area contributed by atoms with Crippen LogP contribution in [0.15, 0.2) is 30.3 Å². The van der Waals surface area contributed by atoms with Gasteiger partial charge in [-0.1, -0.05) is 18.2 Å². The van der Waals surface area contributed by atoms with Gasteiger partial charge in [0.05, 0.1) is 19.3 Å². The van der Waals surface area contributed by atoms with Crippen LogP contribution in [0.1, 0.15) is 32.1 Å². The standard InChI is InChI=1S/C16H24N2O4S/c1-23(20,21)18-14-7-5-6-13(12-14)17-16(19)10-11-22-15-8-3-2-4-9-15/h2-4,8-9,13-14,18H,5-7,10-12H2,1H3,(H,17,19)/t13-,14-/m1/s1. The maximum Gasteiger partial charge on any atom is 0.223 e. The third-order valence-corrected chi connectivity index (χ3v) is 4.52. The van der Waals surface area contributed by atoms with Crippen molar-refractivity contribution in [3.8, 4) is 5.75 Å². The molecule has 0 unspecified atom stereocenters. The van der Waals surface area contributed by atoms with E-state index in [1.807, 2.05) is 30.3 Å². The van der Waals surface area contributed by atoms with Gasteiger partial charge in [0.2, 0.25) is 15.9 Å². The van der Waals surface area contributed by atoms with E-state index >= 15 is 0 Å². The van der Waals surface area contributed by atoms with Crippen molar-refractivity contribution in [1.82, 2.24) is 10.0 Å². The Kier molecular flexibility index (Phi) is 6.41. The van der Waals surface area contributed by atoms with Crippen molar-refractivity contribution >= 4 is 15.9 Å². The fourth-order valence-electron chi connectivity index (χ4n) is 2.81. The molecule has 2 rings (SSSR count). The number of nitrogens with one attached hydrogen (secondary N) is 2. The normalized spacial score (nSPS) is 21.6. The Hall–Kier alpha value is -1.60. The van der Waals surface area contributed by atoms with E-state index in [0.717, 1.165) is 31.3 Å². The van der Waals surface area contributed by atoms with Crippen molar-refractivity contribution in [2.45, 2.75) is 44.2 Å². The molecule has 0 bridgehead atoms. The van der Waals surface area contributed by atoms with Crippen LogP contribution in [-0.4, -0.2) is 39.3 Å². The summed E-state index contributed by atoms with van der Waals surface area (Å²) in [5, 5.41) is 2.97. The van der Waals surface area contributed by atoms with Gasteiger partial charge < -0.3 is 10.1 Å². The Morgan fingerprint density at radius 2 is 1.91 bits per heavy atom. The quantitative estimate of drug-likeness (QED) is 0.786. The molecule has 6 nitrogen and oxygen atoms in total. The average Bonchev–Trinajstić information content (AvgIpc) is 2.47. The van der Waals surface area contributed by atoms with Gasteiger partial charge in [0.1, 0.15) is 5.75 Å². The molecule has 1 fully saturated rings. The number of benzene rings is 1. The molecule has 1 aliphatic carbocycles. The number of amides is 1. The molecule has 1 amide bonds. The summed E-state index contributed by atoms with van der Waals surface area (Å²) in [7, 11) is -3.20. The minimum absolute atomic E-state index is 0.0206. The number of sulfonamides is 1.